The zero-order chi connectivity index (χ0) is 15.6. The van der Waals surface area contributed by atoms with Crippen LogP contribution in [0, 0.1) is 0 Å². The summed E-state index contributed by atoms with van der Waals surface area (Å²) in [5, 5.41) is 9.91. The van der Waals surface area contributed by atoms with E-state index in [-0.39, 0.29) is 15.4 Å². The number of nitrogens with one attached hydrogen (secondary N) is 1. The smallest absolute Gasteiger partial charge is 0.378 e. The van der Waals surface area contributed by atoms with Crippen LogP contribution in [0.1, 0.15) is 5.56 Å². The molecule has 0 aromatic carbocycles. The van der Waals surface area contributed by atoms with Crippen LogP contribution < -0.4 is 10.9 Å². The van der Waals surface area contributed by atoms with E-state index in [0.717, 1.165) is 11.8 Å². The summed E-state index contributed by atoms with van der Waals surface area (Å²) in [6.45, 7) is -1.16. The molecule has 2 rings (SSSR count). The number of aryl methyl sites for hydroxylation is 1. The van der Waals surface area contributed by atoms with Crippen molar-refractivity contribution in [3.8, 4) is 0 Å². The molecule has 0 atom stereocenters. The van der Waals surface area contributed by atoms with E-state index in [4.69, 9.17) is 11.6 Å². The molecule has 2 aromatic rings. The summed E-state index contributed by atoms with van der Waals surface area (Å²) in [6.07, 6.45) is -0.0882. The Bertz CT molecular complexity index is 694. The van der Waals surface area contributed by atoms with E-state index in [0.29, 0.717) is 6.54 Å². The fraction of sp³-hybridized carbons (Fsp3) is 0.364. The van der Waals surface area contributed by atoms with Crippen molar-refractivity contribution in [3.63, 3.8) is 0 Å². The van der Waals surface area contributed by atoms with E-state index in [9.17, 15) is 18.0 Å². The summed E-state index contributed by atoms with van der Waals surface area (Å²) >= 11 is 5.77. The van der Waals surface area contributed by atoms with Crippen LogP contribution in [-0.2, 0) is 20.1 Å². The van der Waals surface area contributed by atoms with Gasteiger partial charge < -0.3 is 5.32 Å². The van der Waals surface area contributed by atoms with Crippen LogP contribution in [0.2, 0.25) is 5.02 Å². The van der Waals surface area contributed by atoms with Crippen molar-refractivity contribution in [2.24, 2.45) is 7.05 Å². The molecule has 0 fully saturated rings. The molecule has 114 valence electrons. The van der Waals surface area contributed by atoms with Gasteiger partial charge in [-0.3, -0.25) is 9.48 Å². The molecular formula is C11H11ClF3N5O. The van der Waals surface area contributed by atoms with Crippen LogP contribution in [0.5, 0.6) is 0 Å². The molecule has 0 radical (unpaired) electrons. The van der Waals surface area contributed by atoms with Crippen molar-refractivity contribution in [1.29, 1.82) is 0 Å². The minimum atomic E-state index is -4.54. The second-order valence-corrected chi connectivity index (χ2v) is 4.70. The lowest BCUT2D eigenvalue weighted by Gasteiger charge is -2.11. The van der Waals surface area contributed by atoms with Gasteiger partial charge in [0.1, 0.15) is 11.6 Å². The van der Waals surface area contributed by atoms with Gasteiger partial charge in [0.25, 0.3) is 5.56 Å². The van der Waals surface area contributed by atoms with Gasteiger partial charge in [-0.25, -0.2) is 4.68 Å². The minimum absolute atomic E-state index is 0.170. The van der Waals surface area contributed by atoms with Crippen molar-refractivity contribution in [1.82, 2.24) is 19.6 Å². The van der Waals surface area contributed by atoms with Crippen molar-refractivity contribution in [2.45, 2.75) is 19.3 Å². The van der Waals surface area contributed by atoms with Crippen LogP contribution in [0.15, 0.2) is 23.4 Å². The molecule has 2 aromatic heterocycles. The van der Waals surface area contributed by atoms with Gasteiger partial charge in [-0.05, 0) is 0 Å². The van der Waals surface area contributed by atoms with Crippen LogP contribution >= 0.6 is 11.6 Å². The number of rotatable bonds is 4. The lowest BCUT2D eigenvalue weighted by molar-refractivity contribution is -0.143. The van der Waals surface area contributed by atoms with E-state index in [1.54, 1.807) is 24.1 Å². The fourth-order valence-electron chi connectivity index (χ4n) is 1.63. The highest BCUT2D eigenvalue weighted by atomic mass is 35.5. The molecule has 21 heavy (non-hydrogen) atoms. The van der Waals surface area contributed by atoms with Gasteiger partial charge in [-0.2, -0.15) is 23.4 Å². The predicted octanol–water partition coefficient (Wildman–Crippen LogP) is 1.80. The third-order valence-corrected chi connectivity index (χ3v) is 2.92. The monoisotopic (exact) mass is 321 g/mol. The van der Waals surface area contributed by atoms with Crippen molar-refractivity contribution < 1.29 is 13.2 Å². The second kappa shape index (κ2) is 5.76. The lowest BCUT2D eigenvalue weighted by atomic mass is 10.3. The van der Waals surface area contributed by atoms with Crippen molar-refractivity contribution in [3.05, 3.63) is 39.5 Å². The summed E-state index contributed by atoms with van der Waals surface area (Å²) in [6, 6.07) is 0. The van der Waals surface area contributed by atoms with Gasteiger partial charge in [0.05, 0.1) is 18.1 Å². The first kappa shape index (κ1) is 15.4. The summed E-state index contributed by atoms with van der Waals surface area (Å²) in [4.78, 5) is 11.7. The number of anilines is 1. The average Bonchev–Trinajstić information content (AvgIpc) is 2.79. The molecule has 0 amide bonds. The standard InChI is InChI=1S/C11H11ClF3N5O/c1-19-5-7(3-17-19)2-16-8-4-18-20(6-11(13,14)15)10(21)9(8)12/h3-5,16H,2,6H2,1H3. The molecule has 0 saturated carbocycles. The Morgan fingerprint density at radius 2 is 2.05 bits per heavy atom. The van der Waals surface area contributed by atoms with E-state index in [2.05, 4.69) is 15.5 Å². The lowest BCUT2D eigenvalue weighted by Crippen LogP contribution is -2.30. The largest absolute Gasteiger partial charge is 0.408 e. The second-order valence-electron chi connectivity index (χ2n) is 4.33. The van der Waals surface area contributed by atoms with Crippen molar-refractivity contribution >= 4 is 17.3 Å². The number of hydrogen-bond donors (Lipinski definition) is 1. The molecule has 0 spiro atoms. The molecule has 2 heterocycles. The molecule has 0 aliphatic carbocycles. The maximum Gasteiger partial charge on any atom is 0.408 e. The SMILES string of the molecule is Cn1cc(CNc2cnn(CC(F)(F)F)c(=O)c2Cl)cn1. The molecule has 10 heteroatoms. The van der Waals surface area contributed by atoms with E-state index < -0.39 is 18.3 Å². The Labute approximate surface area is 122 Å². The first-order chi connectivity index (χ1) is 9.76. The average molecular weight is 322 g/mol. The number of halogens is 4. The van der Waals surface area contributed by atoms with Gasteiger partial charge >= 0.3 is 6.18 Å². The maximum atomic E-state index is 12.3. The van der Waals surface area contributed by atoms with Gasteiger partial charge in [0.15, 0.2) is 0 Å². The third-order valence-electron chi connectivity index (χ3n) is 2.56. The van der Waals surface area contributed by atoms with E-state index in [1.807, 2.05) is 0 Å². The summed E-state index contributed by atoms with van der Waals surface area (Å²) in [5.41, 5.74) is 0.00200. The quantitative estimate of drug-likeness (QED) is 0.932. The zero-order valence-corrected chi connectivity index (χ0v) is 11.6. The van der Waals surface area contributed by atoms with Gasteiger partial charge in [-0.15, -0.1) is 0 Å². The molecule has 0 aliphatic rings. The normalized spacial score (nSPS) is 11.7. The van der Waals surface area contributed by atoms with Gasteiger partial charge in [0, 0.05) is 25.4 Å². The first-order valence-corrected chi connectivity index (χ1v) is 6.18. The summed E-state index contributed by atoms with van der Waals surface area (Å²) < 4.78 is 38.6. The molecule has 6 nitrogen and oxygen atoms in total. The predicted molar refractivity (Wildman–Crippen MR) is 70.1 cm³/mol. The highest BCUT2D eigenvalue weighted by Crippen LogP contribution is 2.19. The molecule has 0 unspecified atom stereocenters. The Kier molecular flexibility index (Phi) is 4.21. The highest BCUT2D eigenvalue weighted by molar-refractivity contribution is 6.32. The minimum Gasteiger partial charge on any atom is -0.378 e. The summed E-state index contributed by atoms with van der Waals surface area (Å²) in [7, 11) is 1.75. The number of alkyl halides is 3. The summed E-state index contributed by atoms with van der Waals surface area (Å²) in [5.74, 6) is 0. The Hall–Kier alpha value is -2.03. The molecule has 0 aliphatic heterocycles. The van der Waals surface area contributed by atoms with Crippen LogP contribution in [0.25, 0.3) is 0 Å². The number of aromatic nitrogens is 4. The van der Waals surface area contributed by atoms with Crippen molar-refractivity contribution in [2.75, 3.05) is 5.32 Å². The van der Waals surface area contributed by atoms with E-state index in [1.165, 1.54) is 0 Å². The van der Waals surface area contributed by atoms with Gasteiger partial charge in [0.2, 0.25) is 0 Å². The number of hydrogen-bond acceptors (Lipinski definition) is 4. The molecule has 0 saturated heterocycles. The van der Waals surface area contributed by atoms with Gasteiger partial charge in [-0.1, -0.05) is 11.6 Å². The van der Waals surface area contributed by atoms with Crippen LogP contribution in [0.3, 0.4) is 0 Å². The third kappa shape index (κ3) is 3.97. The number of nitrogens with zero attached hydrogens (tertiary/aromatic N) is 4. The Balaban J connectivity index is 2.15. The Morgan fingerprint density at radius 1 is 1.33 bits per heavy atom. The molecular weight excluding hydrogens is 311 g/mol. The van der Waals surface area contributed by atoms with E-state index >= 15 is 0 Å². The topological polar surface area (TPSA) is 64.7 Å². The first-order valence-electron chi connectivity index (χ1n) is 5.80. The Morgan fingerprint density at radius 3 is 2.62 bits per heavy atom. The van der Waals surface area contributed by atoms with Crippen LogP contribution in [0.4, 0.5) is 18.9 Å². The van der Waals surface area contributed by atoms with Crippen LogP contribution in [-0.4, -0.2) is 25.7 Å². The molecule has 1 N–H and O–H groups in total. The zero-order valence-electron chi connectivity index (χ0n) is 10.9. The highest BCUT2D eigenvalue weighted by Gasteiger charge is 2.29. The fourth-order valence-corrected chi connectivity index (χ4v) is 1.84. The maximum absolute atomic E-state index is 12.3. The molecule has 0 bridgehead atoms.